The van der Waals surface area contributed by atoms with E-state index in [1.54, 1.807) is 35.4 Å². The van der Waals surface area contributed by atoms with E-state index in [1.807, 2.05) is 0 Å². The van der Waals surface area contributed by atoms with Crippen molar-refractivity contribution in [1.29, 1.82) is 0 Å². The minimum absolute atomic E-state index is 0.104. The van der Waals surface area contributed by atoms with Gasteiger partial charge in [0.2, 0.25) is 11.8 Å². The number of halogens is 2. The lowest BCUT2D eigenvalue weighted by Gasteiger charge is -2.37. The summed E-state index contributed by atoms with van der Waals surface area (Å²) in [5.74, 6) is 0.927. The van der Waals surface area contributed by atoms with Gasteiger partial charge in [-0.05, 0) is 24.3 Å². The van der Waals surface area contributed by atoms with Crippen LogP contribution < -0.4 is 10.1 Å². The first-order valence-corrected chi connectivity index (χ1v) is 9.20. The van der Waals surface area contributed by atoms with Crippen molar-refractivity contribution in [2.75, 3.05) is 18.4 Å². The number of aromatic nitrogens is 3. The van der Waals surface area contributed by atoms with E-state index in [2.05, 4.69) is 26.8 Å². The average Bonchev–Trinajstić information content (AvgIpc) is 2.67. The second kappa shape index (κ2) is 7.61. The normalized spacial score (nSPS) is 13.9. The summed E-state index contributed by atoms with van der Waals surface area (Å²) in [6.07, 6.45) is 4.26. The molecule has 0 spiro atoms. The smallest absolute Gasteiger partial charge is 0.246 e. The van der Waals surface area contributed by atoms with Crippen molar-refractivity contribution in [3.63, 3.8) is 0 Å². The van der Waals surface area contributed by atoms with Gasteiger partial charge < -0.3 is 15.0 Å². The van der Waals surface area contributed by atoms with E-state index in [1.165, 1.54) is 12.4 Å². The van der Waals surface area contributed by atoms with Gasteiger partial charge in [-0.25, -0.2) is 15.0 Å². The summed E-state index contributed by atoms with van der Waals surface area (Å²) in [7, 11) is 0. The van der Waals surface area contributed by atoms with Gasteiger partial charge in [0.25, 0.3) is 0 Å². The third-order valence-corrected chi connectivity index (χ3v) is 5.04. The standard InChI is InChI=1S/C19H15Cl2N5O2/c1-2-18(27)26-8-12(9-26)28-17-6-13-16(7-22-17)23-10-24-19(13)25-11-3-4-14(20)15(21)5-11/h2-7,10,12H,1,8-9H2,(H,23,24,25). The van der Waals surface area contributed by atoms with Crippen LogP contribution in [0.1, 0.15) is 0 Å². The lowest BCUT2D eigenvalue weighted by Crippen LogP contribution is -2.55. The zero-order valence-corrected chi connectivity index (χ0v) is 16.1. The molecular formula is C19H15Cl2N5O2. The summed E-state index contributed by atoms with van der Waals surface area (Å²) in [5, 5.41) is 4.88. The zero-order chi connectivity index (χ0) is 19.7. The summed E-state index contributed by atoms with van der Waals surface area (Å²) in [6, 6.07) is 7.00. The summed E-state index contributed by atoms with van der Waals surface area (Å²) in [5.41, 5.74) is 1.41. The Hall–Kier alpha value is -2.90. The molecule has 0 saturated carbocycles. The van der Waals surface area contributed by atoms with Crippen LogP contribution >= 0.6 is 23.2 Å². The third kappa shape index (κ3) is 3.72. The number of anilines is 2. The topological polar surface area (TPSA) is 80.2 Å². The zero-order valence-electron chi connectivity index (χ0n) is 14.6. The highest BCUT2D eigenvalue weighted by Gasteiger charge is 2.31. The number of benzene rings is 1. The van der Waals surface area contributed by atoms with Gasteiger partial charge in [0.05, 0.1) is 34.8 Å². The van der Waals surface area contributed by atoms with Gasteiger partial charge in [0.15, 0.2) is 0 Å². The fourth-order valence-corrected chi connectivity index (χ4v) is 3.11. The number of nitrogens with zero attached hydrogens (tertiary/aromatic N) is 4. The largest absolute Gasteiger partial charge is 0.471 e. The number of carbonyl (C=O) groups excluding carboxylic acids is 1. The van der Waals surface area contributed by atoms with Crippen LogP contribution in [0.15, 0.2) is 49.4 Å². The summed E-state index contributed by atoms with van der Waals surface area (Å²) >= 11 is 12.0. The second-order valence-electron chi connectivity index (χ2n) is 6.20. The van der Waals surface area contributed by atoms with Crippen molar-refractivity contribution in [2.45, 2.75) is 6.10 Å². The molecule has 1 saturated heterocycles. The molecule has 7 nitrogen and oxygen atoms in total. The fourth-order valence-electron chi connectivity index (χ4n) is 2.81. The minimum atomic E-state index is -0.107. The van der Waals surface area contributed by atoms with E-state index in [9.17, 15) is 4.79 Å². The number of hydrogen-bond acceptors (Lipinski definition) is 6. The van der Waals surface area contributed by atoms with Gasteiger partial charge in [-0.1, -0.05) is 29.8 Å². The highest BCUT2D eigenvalue weighted by atomic mass is 35.5. The molecule has 28 heavy (non-hydrogen) atoms. The van der Waals surface area contributed by atoms with Gasteiger partial charge in [-0.15, -0.1) is 0 Å². The van der Waals surface area contributed by atoms with Gasteiger partial charge in [0.1, 0.15) is 18.2 Å². The van der Waals surface area contributed by atoms with Crippen molar-refractivity contribution < 1.29 is 9.53 Å². The molecule has 0 atom stereocenters. The van der Waals surface area contributed by atoms with Crippen LogP contribution in [-0.4, -0.2) is 45.0 Å². The molecular weight excluding hydrogens is 401 g/mol. The highest BCUT2D eigenvalue weighted by molar-refractivity contribution is 6.42. The number of pyridine rings is 1. The number of fused-ring (bicyclic) bond motifs is 1. The van der Waals surface area contributed by atoms with Crippen LogP contribution in [0.5, 0.6) is 5.88 Å². The van der Waals surface area contributed by atoms with Crippen molar-refractivity contribution in [2.24, 2.45) is 0 Å². The summed E-state index contributed by atoms with van der Waals surface area (Å²) in [4.78, 5) is 26.0. The lowest BCUT2D eigenvalue weighted by atomic mass is 10.1. The number of carbonyl (C=O) groups is 1. The molecule has 1 N–H and O–H groups in total. The molecule has 1 fully saturated rings. The Balaban J connectivity index is 1.55. The molecule has 142 valence electrons. The minimum Gasteiger partial charge on any atom is -0.471 e. The molecule has 4 rings (SSSR count). The Labute approximate surface area is 171 Å². The Morgan fingerprint density at radius 2 is 2.04 bits per heavy atom. The van der Waals surface area contributed by atoms with E-state index in [-0.39, 0.29) is 12.0 Å². The van der Waals surface area contributed by atoms with E-state index in [4.69, 9.17) is 27.9 Å². The van der Waals surface area contributed by atoms with E-state index in [0.29, 0.717) is 40.3 Å². The summed E-state index contributed by atoms with van der Waals surface area (Å²) < 4.78 is 5.86. The quantitative estimate of drug-likeness (QED) is 0.637. The average molecular weight is 416 g/mol. The molecule has 0 unspecified atom stereocenters. The van der Waals surface area contributed by atoms with Crippen LogP contribution in [0.2, 0.25) is 10.0 Å². The predicted octanol–water partition coefficient (Wildman–Crippen LogP) is 3.85. The fraction of sp³-hybridized carbons (Fsp3) is 0.158. The van der Waals surface area contributed by atoms with Crippen molar-refractivity contribution in [3.8, 4) is 5.88 Å². The van der Waals surface area contributed by atoms with E-state index >= 15 is 0 Å². The molecule has 1 amide bonds. The van der Waals surface area contributed by atoms with Crippen LogP contribution in [0.25, 0.3) is 10.9 Å². The van der Waals surface area contributed by atoms with Crippen molar-refractivity contribution >= 4 is 51.5 Å². The van der Waals surface area contributed by atoms with Crippen molar-refractivity contribution in [1.82, 2.24) is 19.9 Å². The first kappa shape index (κ1) is 18.5. The number of hydrogen-bond donors (Lipinski definition) is 1. The Kier molecular flexibility index (Phi) is 5.02. The maximum absolute atomic E-state index is 11.5. The number of rotatable bonds is 5. The third-order valence-electron chi connectivity index (χ3n) is 4.30. The maximum atomic E-state index is 11.5. The van der Waals surface area contributed by atoms with Gasteiger partial charge in [-0.3, -0.25) is 4.79 Å². The molecule has 0 aliphatic carbocycles. The molecule has 1 aliphatic heterocycles. The van der Waals surface area contributed by atoms with Crippen LogP contribution in [-0.2, 0) is 4.79 Å². The number of ether oxygens (including phenoxy) is 1. The molecule has 3 aromatic rings. The number of amides is 1. The van der Waals surface area contributed by atoms with Crippen LogP contribution in [0.3, 0.4) is 0 Å². The predicted molar refractivity (Wildman–Crippen MR) is 108 cm³/mol. The highest BCUT2D eigenvalue weighted by Crippen LogP contribution is 2.29. The van der Waals surface area contributed by atoms with E-state index < -0.39 is 0 Å². The Morgan fingerprint density at radius 3 is 2.79 bits per heavy atom. The molecule has 2 aromatic heterocycles. The van der Waals surface area contributed by atoms with Gasteiger partial charge in [-0.2, -0.15) is 0 Å². The summed E-state index contributed by atoms with van der Waals surface area (Å²) in [6.45, 7) is 4.49. The van der Waals surface area contributed by atoms with Gasteiger partial charge in [0, 0.05) is 17.1 Å². The molecule has 1 aliphatic rings. The first-order chi connectivity index (χ1) is 13.5. The SMILES string of the molecule is C=CC(=O)N1CC(Oc2cc3c(Nc4ccc(Cl)c(Cl)c4)ncnc3cn2)C1. The van der Waals surface area contributed by atoms with E-state index in [0.717, 1.165) is 11.1 Å². The van der Waals surface area contributed by atoms with Crippen LogP contribution in [0, 0.1) is 0 Å². The maximum Gasteiger partial charge on any atom is 0.246 e. The molecule has 3 heterocycles. The monoisotopic (exact) mass is 415 g/mol. The van der Waals surface area contributed by atoms with Gasteiger partial charge >= 0.3 is 0 Å². The van der Waals surface area contributed by atoms with Crippen LogP contribution in [0.4, 0.5) is 11.5 Å². The lowest BCUT2D eigenvalue weighted by molar-refractivity contribution is -0.134. The molecule has 0 radical (unpaired) electrons. The number of nitrogens with one attached hydrogen (secondary N) is 1. The first-order valence-electron chi connectivity index (χ1n) is 8.44. The molecule has 9 heteroatoms. The second-order valence-corrected chi connectivity index (χ2v) is 7.02. The molecule has 0 bridgehead atoms. The Bertz CT molecular complexity index is 1070. The number of likely N-dealkylation sites (tertiary alicyclic amines) is 1. The Morgan fingerprint density at radius 1 is 1.21 bits per heavy atom. The molecule has 1 aromatic carbocycles. The van der Waals surface area contributed by atoms with Crippen molar-refractivity contribution in [3.05, 3.63) is 59.5 Å².